The summed E-state index contributed by atoms with van der Waals surface area (Å²) in [5.41, 5.74) is 8.16. The molecule has 0 aromatic heterocycles. The summed E-state index contributed by atoms with van der Waals surface area (Å²) in [6, 6.07) is 5.32. The van der Waals surface area contributed by atoms with E-state index in [2.05, 4.69) is 0 Å². The molecule has 6 nitrogen and oxygen atoms in total. The summed E-state index contributed by atoms with van der Waals surface area (Å²) in [6.45, 7) is 5.05. The third-order valence-electron chi connectivity index (χ3n) is 5.24. The monoisotopic (exact) mass is 365 g/mol. The summed E-state index contributed by atoms with van der Waals surface area (Å²) in [6.07, 6.45) is 3.68. The molecule has 25 heavy (non-hydrogen) atoms. The molecule has 2 saturated heterocycles. The molecule has 2 heterocycles. The second-order valence-corrected chi connectivity index (χ2v) is 9.17. The van der Waals surface area contributed by atoms with Crippen molar-refractivity contribution in [1.29, 1.82) is 0 Å². The topological polar surface area (TPSA) is 83.7 Å². The fourth-order valence-corrected chi connectivity index (χ4v) is 5.44. The third-order valence-corrected chi connectivity index (χ3v) is 7.11. The van der Waals surface area contributed by atoms with Gasteiger partial charge in [0.05, 0.1) is 11.4 Å². The van der Waals surface area contributed by atoms with E-state index in [0.29, 0.717) is 24.2 Å². The van der Waals surface area contributed by atoms with Crippen molar-refractivity contribution in [2.75, 3.05) is 23.1 Å². The average molecular weight is 365 g/mol. The number of carbonyl (C=O) groups is 1. The third kappa shape index (κ3) is 3.53. The second kappa shape index (κ2) is 6.96. The van der Waals surface area contributed by atoms with E-state index in [9.17, 15) is 13.2 Å². The van der Waals surface area contributed by atoms with Gasteiger partial charge in [0, 0.05) is 30.7 Å². The van der Waals surface area contributed by atoms with E-state index in [1.54, 1.807) is 18.2 Å². The second-order valence-electron chi connectivity index (χ2n) is 7.16. The maximum Gasteiger partial charge on any atom is 0.254 e. The van der Waals surface area contributed by atoms with E-state index in [1.165, 1.54) is 4.31 Å². The summed E-state index contributed by atoms with van der Waals surface area (Å²) in [5.74, 6) is 0.187. The number of nitrogens with two attached hydrogens (primary N) is 1. The molecule has 0 radical (unpaired) electrons. The van der Waals surface area contributed by atoms with Crippen molar-refractivity contribution >= 4 is 21.6 Å². The van der Waals surface area contributed by atoms with Crippen LogP contribution < -0.4 is 10.0 Å². The first-order chi connectivity index (χ1) is 11.8. The number of sulfonamides is 1. The fraction of sp³-hybridized carbons (Fsp3) is 0.611. The van der Waals surface area contributed by atoms with Gasteiger partial charge in [-0.2, -0.15) is 0 Å². The van der Waals surface area contributed by atoms with Crippen LogP contribution in [0.3, 0.4) is 0 Å². The van der Waals surface area contributed by atoms with Gasteiger partial charge in [0.2, 0.25) is 10.0 Å². The van der Waals surface area contributed by atoms with Crippen molar-refractivity contribution in [3.05, 3.63) is 29.3 Å². The van der Waals surface area contributed by atoms with Gasteiger partial charge in [0.15, 0.2) is 0 Å². The molecule has 0 bridgehead atoms. The van der Waals surface area contributed by atoms with Crippen LogP contribution in [0.1, 0.15) is 48.5 Å². The predicted molar refractivity (Wildman–Crippen MR) is 99.3 cm³/mol. The molecule has 2 aliphatic heterocycles. The standard InChI is InChI=1S/C18H27N3O3S/c1-13-12-15(21-10-5-11-25(21,23)24)7-8-16(13)18(22)20-9-4-3-6-17(20)14(2)19/h7-8,12,14,17H,3-6,9-11,19H2,1-2H3. The molecule has 2 N–H and O–H groups in total. The van der Waals surface area contributed by atoms with Crippen LogP contribution in [-0.2, 0) is 10.0 Å². The number of rotatable bonds is 3. The lowest BCUT2D eigenvalue weighted by atomic mass is 9.95. The minimum absolute atomic E-state index is 0.00432. The Labute approximate surface area is 150 Å². The van der Waals surface area contributed by atoms with E-state index in [0.717, 1.165) is 31.4 Å². The van der Waals surface area contributed by atoms with E-state index in [4.69, 9.17) is 5.73 Å². The Morgan fingerprint density at radius 3 is 2.60 bits per heavy atom. The quantitative estimate of drug-likeness (QED) is 0.886. The molecule has 138 valence electrons. The van der Waals surface area contributed by atoms with Gasteiger partial charge in [0.25, 0.3) is 5.91 Å². The lowest BCUT2D eigenvalue weighted by Crippen LogP contribution is -2.51. The van der Waals surface area contributed by atoms with Crippen LogP contribution in [0.25, 0.3) is 0 Å². The summed E-state index contributed by atoms with van der Waals surface area (Å²) >= 11 is 0. The zero-order valence-corrected chi connectivity index (χ0v) is 15.8. The molecule has 0 aliphatic carbocycles. The molecular weight excluding hydrogens is 338 g/mol. The van der Waals surface area contributed by atoms with E-state index >= 15 is 0 Å². The van der Waals surface area contributed by atoms with Gasteiger partial charge in [0.1, 0.15) is 0 Å². The Balaban J connectivity index is 1.86. The molecule has 2 atom stereocenters. The maximum atomic E-state index is 13.0. The van der Waals surface area contributed by atoms with Crippen LogP contribution >= 0.6 is 0 Å². The van der Waals surface area contributed by atoms with Gasteiger partial charge in [-0.1, -0.05) is 0 Å². The number of anilines is 1. The average Bonchev–Trinajstić information content (AvgIpc) is 2.93. The van der Waals surface area contributed by atoms with Crippen LogP contribution in [0.2, 0.25) is 0 Å². The molecule has 7 heteroatoms. The van der Waals surface area contributed by atoms with Crippen LogP contribution in [0.4, 0.5) is 5.69 Å². The molecular formula is C18H27N3O3S. The molecule has 2 fully saturated rings. The molecule has 1 amide bonds. The molecule has 2 unspecified atom stereocenters. The first kappa shape index (κ1) is 18.2. The van der Waals surface area contributed by atoms with Crippen LogP contribution in [0.5, 0.6) is 0 Å². The minimum Gasteiger partial charge on any atom is -0.334 e. The predicted octanol–water partition coefficient (Wildman–Crippen LogP) is 1.88. The first-order valence-corrected chi connectivity index (χ1v) is 10.6. The Hall–Kier alpha value is -1.60. The number of amides is 1. The van der Waals surface area contributed by atoms with Gasteiger partial charge in [-0.3, -0.25) is 9.10 Å². The fourth-order valence-electron chi connectivity index (χ4n) is 3.88. The number of nitrogens with zero attached hydrogens (tertiary/aromatic N) is 2. The van der Waals surface area contributed by atoms with E-state index < -0.39 is 10.0 Å². The number of aryl methyl sites for hydroxylation is 1. The first-order valence-electron chi connectivity index (χ1n) is 8.99. The smallest absolute Gasteiger partial charge is 0.254 e. The van der Waals surface area contributed by atoms with Gasteiger partial charge >= 0.3 is 0 Å². The maximum absolute atomic E-state index is 13.0. The number of likely N-dealkylation sites (tertiary alicyclic amines) is 1. The highest BCUT2D eigenvalue weighted by Crippen LogP contribution is 2.28. The van der Waals surface area contributed by atoms with Crippen LogP contribution in [-0.4, -0.2) is 50.2 Å². The molecule has 3 rings (SSSR count). The van der Waals surface area contributed by atoms with Crippen LogP contribution in [0, 0.1) is 6.92 Å². The van der Waals surface area contributed by atoms with E-state index in [1.807, 2.05) is 18.7 Å². The lowest BCUT2D eigenvalue weighted by molar-refractivity contribution is 0.0583. The van der Waals surface area contributed by atoms with Crippen molar-refractivity contribution in [3.8, 4) is 0 Å². The van der Waals surface area contributed by atoms with Crippen molar-refractivity contribution in [2.24, 2.45) is 5.73 Å². The Bertz CT molecular complexity index is 761. The van der Waals surface area contributed by atoms with Gasteiger partial charge in [-0.25, -0.2) is 8.42 Å². The SMILES string of the molecule is Cc1cc(N2CCCS2(=O)=O)ccc1C(=O)N1CCCCC1C(C)N. The van der Waals surface area contributed by atoms with Crippen molar-refractivity contribution in [2.45, 2.75) is 51.6 Å². The summed E-state index contributed by atoms with van der Waals surface area (Å²) < 4.78 is 25.6. The lowest BCUT2D eigenvalue weighted by Gasteiger charge is -2.38. The summed E-state index contributed by atoms with van der Waals surface area (Å²) in [7, 11) is -3.21. The molecule has 1 aromatic carbocycles. The van der Waals surface area contributed by atoms with Gasteiger partial charge in [-0.15, -0.1) is 0 Å². The molecule has 1 aromatic rings. The van der Waals surface area contributed by atoms with Crippen molar-refractivity contribution in [1.82, 2.24) is 4.90 Å². The zero-order valence-electron chi connectivity index (χ0n) is 14.9. The van der Waals surface area contributed by atoms with Gasteiger partial charge < -0.3 is 10.6 Å². The zero-order chi connectivity index (χ0) is 18.2. The molecule has 0 saturated carbocycles. The van der Waals surface area contributed by atoms with Gasteiger partial charge in [-0.05, 0) is 63.3 Å². The normalized spacial score (nSPS) is 24.4. The molecule has 2 aliphatic rings. The highest BCUT2D eigenvalue weighted by molar-refractivity contribution is 7.93. The van der Waals surface area contributed by atoms with Crippen LogP contribution in [0.15, 0.2) is 18.2 Å². The Kier molecular flexibility index (Phi) is 5.06. The van der Waals surface area contributed by atoms with E-state index in [-0.39, 0.29) is 23.7 Å². The Morgan fingerprint density at radius 2 is 2.00 bits per heavy atom. The number of hydrogen-bond acceptors (Lipinski definition) is 4. The number of carbonyl (C=O) groups excluding carboxylic acids is 1. The molecule has 0 spiro atoms. The summed E-state index contributed by atoms with van der Waals surface area (Å²) in [4.78, 5) is 14.9. The van der Waals surface area contributed by atoms with Crippen molar-refractivity contribution < 1.29 is 13.2 Å². The number of piperidine rings is 1. The van der Waals surface area contributed by atoms with Crippen molar-refractivity contribution in [3.63, 3.8) is 0 Å². The summed E-state index contributed by atoms with van der Waals surface area (Å²) in [5, 5.41) is 0. The highest BCUT2D eigenvalue weighted by atomic mass is 32.2. The largest absolute Gasteiger partial charge is 0.334 e. The number of benzene rings is 1. The minimum atomic E-state index is -3.21. The number of hydrogen-bond donors (Lipinski definition) is 1. The Morgan fingerprint density at radius 1 is 1.24 bits per heavy atom. The highest BCUT2D eigenvalue weighted by Gasteiger charge is 2.32.